The van der Waals surface area contributed by atoms with Crippen LogP contribution in [0, 0.1) is 6.07 Å². The molecule has 1 saturated heterocycles. The molecule has 0 saturated carbocycles. The molecule has 0 aliphatic carbocycles. The molecule has 1 fully saturated rings. The van der Waals surface area contributed by atoms with Gasteiger partial charge in [0.25, 0.3) is 0 Å². The van der Waals surface area contributed by atoms with Gasteiger partial charge in [0, 0.05) is 43.2 Å². The third-order valence-corrected chi connectivity index (χ3v) is 3.46. The largest absolute Gasteiger partial charge is 0.394 e. The summed E-state index contributed by atoms with van der Waals surface area (Å²) in [6, 6.07) is 4.75. The Kier molecular flexibility index (Phi) is 4.03. The minimum atomic E-state index is 0.0538. The number of hydrogen-bond acceptors (Lipinski definition) is 5. The fourth-order valence-electron chi connectivity index (χ4n) is 2.44. The molecule has 20 heavy (non-hydrogen) atoms. The van der Waals surface area contributed by atoms with E-state index in [0.29, 0.717) is 18.3 Å². The van der Waals surface area contributed by atoms with Crippen LogP contribution in [-0.2, 0) is 11.3 Å². The first-order chi connectivity index (χ1) is 9.88. The van der Waals surface area contributed by atoms with Gasteiger partial charge in [-0.1, -0.05) is 0 Å². The van der Waals surface area contributed by atoms with Gasteiger partial charge in [-0.3, -0.25) is 4.98 Å². The Morgan fingerprint density at radius 3 is 2.95 bits per heavy atom. The Labute approximate surface area is 117 Å². The van der Waals surface area contributed by atoms with Crippen LogP contribution in [0.1, 0.15) is 24.6 Å². The van der Waals surface area contributed by atoms with Crippen LogP contribution in [0.25, 0.3) is 11.4 Å². The van der Waals surface area contributed by atoms with Crippen molar-refractivity contribution in [1.82, 2.24) is 19.7 Å². The molecule has 0 spiro atoms. The highest BCUT2D eigenvalue weighted by molar-refractivity contribution is 5.52. The molecule has 2 aromatic heterocycles. The minimum absolute atomic E-state index is 0.0538. The molecular weight excluding hydrogens is 256 g/mol. The maximum Gasteiger partial charge on any atom is 0.182 e. The van der Waals surface area contributed by atoms with Crippen molar-refractivity contribution in [3.8, 4) is 11.4 Å². The maximum atomic E-state index is 9.19. The first-order valence-electron chi connectivity index (χ1n) is 6.83. The second-order valence-electron chi connectivity index (χ2n) is 4.80. The highest BCUT2D eigenvalue weighted by Crippen LogP contribution is 2.27. The van der Waals surface area contributed by atoms with Gasteiger partial charge in [-0.15, -0.1) is 0 Å². The Hall–Kier alpha value is -1.79. The zero-order chi connectivity index (χ0) is 13.8. The van der Waals surface area contributed by atoms with Gasteiger partial charge in [-0.05, 0) is 18.9 Å². The lowest BCUT2D eigenvalue weighted by Crippen LogP contribution is -2.19. The van der Waals surface area contributed by atoms with Gasteiger partial charge in [0.15, 0.2) is 5.82 Å². The standard InChI is InChI=1S/C14H17N4O2/c19-7-6-18-14(11-3-8-20-9-4-11)16-13(17-18)12-2-1-5-15-10-12/h2,5,10-11,19H,3-4,6-9H2. The van der Waals surface area contributed by atoms with Crippen LogP contribution >= 0.6 is 0 Å². The number of aromatic nitrogens is 4. The van der Waals surface area contributed by atoms with E-state index in [0.717, 1.165) is 37.4 Å². The van der Waals surface area contributed by atoms with E-state index in [4.69, 9.17) is 4.74 Å². The fourth-order valence-corrected chi connectivity index (χ4v) is 2.44. The summed E-state index contributed by atoms with van der Waals surface area (Å²) >= 11 is 0. The molecule has 1 aliphatic rings. The summed E-state index contributed by atoms with van der Waals surface area (Å²) in [5.41, 5.74) is 0.845. The molecule has 0 bridgehead atoms. The van der Waals surface area contributed by atoms with E-state index in [2.05, 4.69) is 21.1 Å². The van der Waals surface area contributed by atoms with Gasteiger partial charge >= 0.3 is 0 Å². The Bertz CT molecular complexity index is 550. The van der Waals surface area contributed by atoms with Crippen molar-refractivity contribution < 1.29 is 9.84 Å². The normalized spacial score (nSPS) is 16.4. The number of pyridine rings is 1. The Morgan fingerprint density at radius 1 is 1.40 bits per heavy atom. The average Bonchev–Trinajstić information content (AvgIpc) is 2.94. The number of aliphatic hydroxyl groups is 1. The van der Waals surface area contributed by atoms with Crippen LogP contribution in [0.3, 0.4) is 0 Å². The van der Waals surface area contributed by atoms with Crippen molar-refractivity contribution >= 4 is 0 Å². The Morgan fingerprint density at radius 2 is 2.25 bits per heavy atom. The quantitative estimate of drug-likeness (QED) is 0.900. The lowest BCUT2D eigenvalue weighted by molar-refractivity contribution is 0.0823. The van der Waals surface area contributed by atoms with E-state index in [-0.39, 0.29) is 6.61 Å². The number of hydrogen-bond donors (Lipinski definition) is 1. The Balaban J connectivity index is 1.93. The summed E-state index contributed by atoms with van der Waals surface area (Å²) in [5.74, 6) is 1.92. The van der Waals surface area contributed by atoms with Crippen molar-refractivity contribution in [2.24, 2.45) is 0 Å². The van der Waals surface area contributed by atoms with Crippen LogP contribution in [-0.4, -0.2) is 44.7 Å². The molecule has 1 aliphatic heterocycles. The number of aliphatic hydroxyl groups excluding tert-OH is 1. The summed E-state index contributed by atoms with van der Waals surface area (Å²) in [5, 5.41) is 13.7. The van der Waals surface area contributed by atoms with Gasteiger partial charge in [-0.25, -0.2) is 9.67 Å². The van der Waals surface area contributed by atoms with E-state index in [1.807, 2.05) is 6.07 Å². The van der Waals surface area contributed by atoms with Crippen molar-refractivity contribution in [2.45, 2.75) is 25.3 Å². The molecule has 0 amide bonds. The van der Waals surface area contributed by atoms with Gasteiger partial charge in [0.1, 0.15) is 5.82 Å². The molecule has 0 unspecified atom stereocenters. The van der Waals surface area contributed by atoms with Crippen LogP contribution in [0.15, 0.2) is 18.5 Å². The van der Waals surface area contributed by atoms with Crippen molar-refractivity contribution in [2.75, 3.05) is 19.8 Å². The molecule has 1 radical (unpaired) electrons. The van der Waals surface area contributed by atoms with Crippen LogP contribution < -0.4 is 0 Å². The third-order valence-electron chi connectivity index (χ3n) is 3.46. The topological polar surface area (TPSA) is 73.1 Å². The van der Waals surface area contributed by atoms with Crippen LogP contribution in [0.2, 0.25) is 0 Å². The van der Waals surface area contributed by atoms with E-state index < -0.39 is 0 Å². The number of nitrogens with zero attached hydrogens (tertiary/aromatic N) is 4. The van der Waals surface area contributed by atoms with Gasteiger partial charge in [-0.2, -0.15) is 5.10 Å². The van der Waals surface area contributed by atoms with Crippen LogP contribution in [0.5, 0.6) is 0 Å². The summed E-state index contributed by atoms with van der Waals surface area (Å²) in [4.78, 5) is 8.69. The predicted molar refractivity (Wildman–Crippen MR) is 72.0 cm³/mol. The second-order valence-corrected chi connectivity index (χ2v) is 4.80. The van der Waals surface area contributed by atoms with Gasteiger partial charge in [0.05, 0.1) is 13.2 Å². The van der Waals surface area contributed by atoms with E-state index in [1.54, 1.807) is 17.1 Å². The molecule has 105 valence electrons. The van der Waals surface area contributed by atoms with Crippen molar-refractivity contribution in [3.05, 3.63) is 30.4 Å². The lowest BCUT2D eigenvalue weighted by atomic mass is 9.99. The first-order valence-corrected chi connectivity index (χ1v) is 6.83. The van der Waals surface area contributed by atoms with E-state index in [1.165, 1.54) is 0 Å². The molecule has 3 rings (SSSR count). The predicted octanol–water partition coefficient (Wildman–Crippen LogP) is 1.03. The third kappa shape index (κ3) is 2.71. The zero-order valence-electron chi connectivity index (χ0n) is 11.2. The van der Waals surface area contributed by atoms with Crippen LogP contribution in [0.4, 0.5) is 0 Å². The van der Waals surface area contributed by atoms with Gasteiger partial charge in [0.2, 0.25) is 0 Å². The van der Waals surface area contributed by atoms with Crippen molar-refractivity contribution in [3.63, 3.8) is 0 Å². The fraction of sp³-hybridized carbons (Fsp3) is 0.500. The molecular formula is C14H17N4O2. The second kappa shape index (κ2) is 6.11. The monoisotopic (exact) mass is 273 g/mol. The lowest BCUT2D eigenvalue weighted by Gasteiger charge is -2.21. The molecule has 6 heteroatoms. The van der Waals surface area contributed by atoms with E-state index >= 15 is 0 Å². The average molecular weight is 273 g/mol. The highest BCUT2D eigenvalue weighted by Gasteiger charge is 2.23. The molecule has 1 N–H and O–H groups in total. The SMILES string of the molecule is OCCn1nc(-c2c[c]cnc2)nc1C1CCOCC1. The van der Waals surface area contributed by atoms with Crippen molar-refractivity contribution in [1.29, 1.82) is 0 Å². The number of ether oxygens (including phenoxy) is 1. The molecule has 0 aromatic carbocycles. The molecule has 3 heterocycles. The summed E-state index contributed by atoms with van der Waals surface area (Å²) in [6.45, 7) is 2.03. The summed E-state index contributed by atoms with van der Waals surface area (Å²) in [6.07, 6.45) is 5.22. The summed E-state index contributed by atoms with van der Waals surface area (Å²) < 4.78 is 7.19. The molecule has 2 aromatic rings. The zero-order valence-corrected chi connectivity index (χ0v) is 11.2. The maximum absolute atomic E-state index is 9.19. The minimum Gasteiger partial charge on any atom is -0.394 e. The molecule has 6 nitrogen and oxygen atoms in total. The first kappa shape index (κ1) is 13.2. The summed E-state index contributed by atoms with van der Waals surface area (Å²) in [7, 11) is 0. The van der Waals surface area contributed by atoms with Gasteiger partial charge < -0.3 is 9.84 Å². The molecule has 0 atom stereocenters. The number of rotatable bonds is 4. The van der Waals surface area contributed by atoms with E-state index in [9.17, 15) is 5.11 Å². The smallest absolute Gasteiger partial charge is 0.182 e. The highest BCUT2D eigenvalue weighted by atomic mass is 16.5.